The molecule has 0 atom stereocenters. The van der Waals surface area contributed by atoms with E-state index in [1.54, 1.807) is 0 Å². The second kappa shape index (κ2) is 2.80. The van der Waals surface area contributed by atoms with Crippen molar-refractivity contribution in [3.8, 4) is 11.8 Å². The van der Waals surface area contributed by atoms with Crippen LogP contribution in [0.25, 0.3) is 0 Å². The van der Waals surface area contributed by atoms with Gasteiger partial charge in [-0.05, 0) is 17.3 Å². The first-order valence-electron chi connectivity index (χ1n) is 2.84. The van der Waals surface area contributed by atoms with Crippen molar-refractivity contribution in [2.75, 3.05) is 0 Å². The molecular weight excluding hydrogens is 144 g/mol. The Hall–Kier alpha value is -1.89. The zero-order chi connectivity index (χ0) is 8.27. The molecule has 0 heterocycles. The highest BCUT2D eigenvalue weighted by Crippen LogP contribution is 2.26. The zero-order valence-electron chi connectivity index (χ0n) is 5.48. The van der Waals surface area contributed by atoms with E-state index in [4.69, 9.17) is 10.4 Å². The van der Waals surface area contributed by atoms with Crippen LogP contribution in [-0.2, 0) is 0 Å². The minimum absolute atomic E-state index is 0.0519. The molecule has 0 fully saturated rings. The van der Waals surface area contributed by atoms with Gasteiger partial charge in [0.2, 0.25) is 0 Å². The van der Waals surface area contributed by atoms with Gasteiger partial charge in [0.1, 0.15) is 11.4 Å². The predicted molar refractivity (Wildman–Crippen MR) is 38.3 cm³/mol. The molecular formula is C7H4N2O2. The molecule has 0 saturated heterocycles. The van der Waals surface area contributed by atoms with E-state index >= 15 is 0 Å². The maximum absolute atomic E-state index is 9.93. The molecule has 1 N–H and O–H groups in total. The Bertz CT molecular complexity index is 328. The van der Waals surface area contributed by atoms with E-state index in [0.29, 0.717) is 5.56 Å². The Labute approximate surface area is 62.7 Å². The summed E-state index contributed by atoms with van der Waals surface area (Å²) in [6.45, 7) is 0. The van der Waals surface area contributed by atoms with Crippen LogP contribution in [0.1, 0.15) is 5.56 Å². The Balaban J connectivity index is 3.22. The fourth-order valence-corrected chi connectivity index (χ4v) is 0.670. The lowest BCUT2D eigenvalue weighted by atomic mass is 10.2. The zero-order valence-corrected chi connectivity index (χ0v) is 5.48. The van der Waals surface area contributed by atoms with Crippen LogP contribution in [0.2, 0.25) is 0 Å². The van der Waals surface area contributed by atoms with Crippen molar-refractivity contribution < 1.29 is 5.11 Å². The number of hydrogen-bond acceptors (Lipinski definition) is 4. The van der Waals surface area contributed by atoms with Crippen molar-refractivity contribution in [2.45, 2.75) is 0 Å². The summed E-state index contributed by atoms with van der Waals surface area (Å²) in [5.74, 6) is -0.265. The number of aromatic hydroxyl groups is 1. The van der Waals surface area contributed by atoms with Crippen molar-refractivity contribution in [1.82, 2.24) is 0 Å². The van der Waals surface area contributed by atoms with Crippen LogP contribution in [0.3, 0.4) is 0 Å². The molecule has 0 aliphatic heterocycles. The second-order valence-electron chi connectivity index (χ2n) is 1.91. The van der Waals surface area contributed by atoms with Crippen LogP contribution in [0.5, 0.6) is 5.75 Å². The number of hydrogen-bond donors (Lipinski definition) is 1. The molecule has 1 rings (SSSR count). The summed E-state index contributed by atoms with van der Waals surface area (Å²) in [7, 11) is 0. The van der Waals surface area contributed by atoms with Crippen LogP contribution in [0.4, 0.5) is 5.69 Å². The Morgan fingerprint density at radius 1 is 1.55 bits per heavy atom. The van der Waals surface area contributed by atoms with E-state index in [-0.39, 0.29) is 11.4 Å². The van der Waals surface area contributed by atoms with Gasteiger partial charge in [0, 0.05) is 6.07 Å². The Morgan fingerprint density at radius 2 is 2.27 bits per heavy atom. The summed E-state index contributed by atoms with van der Waals surface area (Å²) < 4.78 is 0. The molecule has 0 aromatic heterocycles. The lowest BCUT2D eigenvalue weighted by Gasteiger charge is -1.93. The van der Waals surface area contributed by atoms with Gasteiger partial charge in [-0.15, -0.1) is 4.91 Å². The summed E-state index contributed by atoms with van der Waals surface area (Å²) in [6, 6.07) is 5.71. The first kappa shape index (κ1) is 7.22. The van der Waals surface area contributed by atoms with Gasteiger partial charge < -0.3 is 5.11 Å². The Morgan fingerprint density at radius 3 is 2.73 bits per heavy atom. The minimum Gasteiger partial charge on any atom is -0.506 e. The third-order valence-electron chi connectivity index (χ3n) is 1.20. The van der Waals surface area contributed by atoms with E-state index in [1.165, 1.54) is 18.2 Å². The van der Waals surface area contributed by atoms with Gasteiger partial charge in [0.15, 0.2) is 0 Å². The summed E-state index contributed by atoms with van der Waals surface area (Å²) in [6.07, 6.45) is 0. The van der Waals surface area contributed by atoms with Gasteiger partial charge in [0.05, 0.1) is 11.6 Å². The molecule has 0 spiro atoms. The SMILES string of the molecule is N#Cc1ccc(N=O)c(O)c1. The summed E-state index contributed by atoms with van der Waals surface area (Å²) in [5.41, 5.74) is 0.249. The van der Waals surface area contributed by atoms with Crippen LogP contribution >= 0.6 is 0 Å². The molecule has 0 saturated carbocycles. The number of nitrogens with zero attached hydrogens (tertiary/aromatic N) is 2. The van der Waals surface area contributed by atoms with E-state index in [2.05, 4.69) is 5.18 Å². The quantitative estimate of drug-likeness (QED) is 0.615. The molecule has 0 radical (unpaired) electrons. The molecule has 0 aliphatic carbocycles. The maximum atomic E-state index is 9.93. The molecule has 0 aliphatic rings. The molecule has 0 amide bonds. The third-order valence-corrected chi connectivity index (χ3v) is 1.20. The van der Waals surface area contributed by atoms with Gasteiger partial charge in [-0.25, -0.2) is 0 Å². The van der Waals surface area contributed by atoms with Crippen molar-refractivity contribution >= 4 is 5.69 Å². The van der Waals surface area contributed by atoms with Gasteiger partial charge in [-0.2, -0.15) is 5.26 Å². The van der Waals surface area contributed by atoms with Crippen molar-refractivity contribution in [2.24, 2.45) is 5.18 Å². The molecule has 4 heteroatoms. The number of nitriles is 1. The van der Waals surface area contributed by atoms with Crippen molar-refractivity contribution in [3.05, 3.63) is 28.7 Å². The highest BCUT2D eigenvalue weighted by atomic mass is 16.3. The number of nitroso groups, excluding NO2 is 1. The number of phenolic OH excluding ortho intramolecular Hbond substituents is 1. The molecule has 1 aromatic carbocycles. The predicted octanol–water partition coefficient (Wildman–Crippen LogP) is 1.66. The summed E-state index contributed by atoms with van der Waals surface area (Å²) >= 11 is 0. The van der Waals surface area contributed by atoms with Crippen LogP contribution in [0.15, 0.2) is 23.4 Å². The lowest BCUT2D eigenvalue weighted by Crippen LogP contribution is -1.72. The van der Waals surface area contributed by atoms with Gasteiger partial charge in [0.25, 0.3) is 0 Å². The van der Waals surface area contributed by atoms with Crippen molar-refractivity contribution in [1.29, 1.82) is 5.26 Å². The molecule has 4 nitrogen and oxygen atoms in total. The molecule has 0 bridgehead atoms. The summed E-state index contributed by atoms with van der Waals surface area (Å²) in [4.78, 5) is 9.93. The lowest BCUT2D eigenvalue weighted by molar-refractivity contribution is 0.476. The van der Waals surface area contributed by atoms with E-state index < -0.39 is 0 Å². The average molecular weight is 148 g/mol. The number of rotatable bonds is 1. The normalized spacial score (nSPS) is 8.64. The standard InChI is InChI=1S/C7H4N2O2/c8-4-5-1-2-6(9-11)7(10)3-5/h1-3,10H. The maximum Gasteiger partial charge on any atom is 0.149 e. The highest BCUT2D eigenvalue weighted by Gasteiger charge is 2.00. The highest BCUT2D eigenvalue weighted by molar-refractivity contribution is 5.54. The second-order valence-corrected chi connectivity index (χ2v) is 1.91. The fourth-order valence-electron chi connectivity index (χ4n) is 0.670. The Kier molecular flexibility index (Phi) is 1.83. The van der Waals surface area contributed by atoms with E-state index in [1.807, 2.05) is 6.07 Å². The molecule has 11 heavy (non-hydrogen) atoms. The largest absolute Gasteiger partial charge is 0.506 e. The fraction of sp³-hybridized carbons (Fsp3) is 0. The molecule has 54 valence electrons. The van der Waals surface area contributed by atoms with E-state index in [0.717, 1.165) is 0 Å². The van der Waals surface area contributed by atoms with Crippen molar-refractivity contribution in [3.63, 3.8) is 0 Å². The van der Waals surface area contributed by atoms with Gasteiger partial charge in [-0.3, -0.25) is 0 Å². The first-order chi connectivity index (χ1) is 5.27. The van der Waals surface area contributed by atoms with E-state index in [9.17, 15) is 4.91 Å². The minimum atomic E-state index is -0.265. The van der Waals surface area contributed by atoms with Crippen LogP contribution in [-0.4, -0.2) is 5.11 Å². The average Bonchev–Trinajstić information content (AvgIpc) is 2.04. The monoisotopic (exact) mass is 148 g/mol. The van der Waals surface area contributed by atoms with Crippen LogP contribution < -0.4 is 0 Å². The third kappa shape index (κ3) is 1.33. The topological polar surface area (TPSA) is 73.5 Å². The first-order valence-corrected chi connectivity index (χ1v) is 2.84. The van der Waals surface area contributed by atoms with Gasteiger partial charge >= 0.3 is 0 Å². The molecule has 1 aromatic rings. The summed E-state index contributed by atoms with van der Waals surface area (Å²) in [5, 5.41) is 19.9. The molecule has 0 unspecified atom stereocenters. The smallest absolute Gasteiger partial charge is 0.149 e. The van der Waals surface area contributed by atoms with Crippen LogP contribution in [0, 0.1) is 16.2 Å². The number of benzene rings is 1. The number of phenols is 1. The van der Waals surface area contributed by atoms with Gasteiger partial charge in [-0.1, -0.05) is 0 Å².